The van der Waals surface area contributed by atoms with Gasteiger partial charge < -0.3 is 14.7 Å². The lowest BCUT2D eigenvalue weighted by Crippen LogP contribution is -2.29. The quantitative estimate of drug-likeness (QED) is 0.471. The molecule has 1 atom stereocenters. The first-order valence-electron chi connectivity index (χ1n) is 9.36. The maximum atomic E-state index is 13.1. The number of ether oxygens (including phenoxy) is 1. The van der Waals surface area contributed by atoms with E-state index >= 15 is 0 Å². The van der Waals surface area contributed by atoms with Gasteiger partial charge in [0.25, 0.3) is 5.91 Å². The molecule has 152 valence electrons. The third-order valence-corrected chi connectivity index (χ3v) is 5.88. The summed E-state index contributed by atoms with van der Waals surface area (Å²) in [6, 6.07) is 22.1. The van der Waals surface area contributed by atoms with E-state index in [1.807, 2.05) is 60.7 Å². The first-order valence-corrected chi connectivity index (χ1v) is 10.5. The number of hydrogen-bond acceptors (Lipinski definition) is 3. The smallest absolute Gasteiger partial charge is 0.290 e. The van der Waals surface area contributed by atoms with Gasteiger partial charge in [0, 0.05) is 21.6 Å². The number of carbonyl (C=O) groups excluding carboxylic acids is 1. The number of halogens is 2. The van der Waals surface area contributed by atoms with E-state index in [4.69, 9.17) is 16.3 Å². The molecule has 1 N–H and O–H groups in total. The van der Waals surface area contributed by atoms with E-state index in [1.165, 1.54) is 0 Å². The van der Waals surface area contributed by atoms with Gasteiger partial charge in [0.2, 0.25) is 0 Å². The Bertz CT molecular complexity index is 1110. The Hall–Kier alpha value is -2.76. The van der Waals surface area contributed by atoms with Crippen molar-refractivity contribution in [1.82, 2.24) is 4.90 Å². The minimum Gasteiger partial charge on any atom is -0.503 e. The molecule has 4 rings (SSSR count). The molecule has 0 aromatic heterocycles. The van der Waals surface area contributed by atoms with Gasteiger partial charge in [0.1, 0.15) is 5.75 Å². The number of aliphatic hydroxyl groups excluding tert-OH is 1. The Morgan fingerprint density at radius 3 is 2.40 bits per heavy atom. The van der Waals surface area contributed by atoms with E-state index in [0.29, 0.717) is 22.9 Å². The molecule has 0 saturated heterocycles. The Balaban J connectivity index is 1.80. The molecule has 3 aromatic rings. The third-order valence-electron chi connectivity index (χ3n) is 5.14. The predicted octanol–water partition coefficient (Wildman–Crippen LogP) is 6.16. The zero-order chi connectivity index (χ0) is 21.3. The lowest BCUT2D eigenvalue weighted by atomic mass is 9.93. The summed E-state index contributed by atoms with van der Waals surface area (Å²) < 4.78 is 6.15. The van der Waals surface area contributed by atoms with Crippen molar-refractivity contribution in [2.45, 2.75) is 12.6 Å². The predicted molar refractivity (Wildman–Crippen MR) is 121 cm³/mol. The fourth-order valence-electron chi connectivity index (χ4n) is 3.69. The van der Waals surface area contributed by atoms with Crippen LogP contribution in [0.3, 0.4) is 0 Å². The number of nitrogens with zero attached hydrogens (tertiary/aromatic N) is 1. The Labute approximate surface area is 188 Å². The van der Waals surface area contributed by atoms with Crippen LogP contribution in [0, 0.1) is 0 Å². The van der Waals surface area contributed by atoms with Crippen LogP contribution in [0.1, 0.15) is 22.7 Å². The molecule has 0 radical (unpaired) electrons. The monoisotopic (exact) mass is 483 g/mol. The van der Waals surface area contributed by atoms with Crippen LogP contribution in [0.2, 0.25) is 5.02 Å². The minimum atomic E-state index is -0.431. The first kappa shape index (κ1) is 20.5. The highest BCUT2D eigenvalue weighted by atomic mass is 79.9. The third kappa shape index (κ3) is 3.95. The summed E-state index contributed by atoms with van der Waals surface area (Å²) in [4.78, 5) is 14.8. The molecule has 1 aliphatic rings. The molecular weight excluding hydrogens is 466 g/mol. The van der Waals surface area contributed by atoms with Gasteiger partial charge in [-0.3, -0.25) is 4.79 Å². The molecule has 3 aromatic carbocycles. The largest absolute Gasteiger partial charge is 0.503 e. The van der Waals surface area contributed by atoms with Crippen LogP contribution >= 0.6 is 27.5 Å². The van der Waals surface area contributed by atoms with Crippen LogP contribution in [0.15, 0.2) is 83.0 Å². The van der Waals surface area contributed by atoms with Crippen LogP contribution in [0.25, 0.3) is 5.57 Å². The van der Waals surface area contributed by atoms with Crippen molar-refractivity contribution in [2.75, 3.05) is 7.11 Å². The summed E-state index contributed by atoms with van der Waals surface area (Å²) in [6.45, 7) is 0.344. The number of rotatable bonds is 5. The Morgan fingerprint density at radius 2 is 1.77 bits per heavy atom. The molecular formula is C24H19BrClNO3. The molecule has 0 spiro atoms. The van der Waals surface area contributed by atoms with E-state index in [9.17, 15) is 9.90 Å². The molecule has 0 fully saturated rings. The van der Waals surface area contributed by atoms with Gasteiger partial charge in [-0.25, -0.2) is 0 Å². The highest BCUT2D eigenvalue weighted by molar-refractivity contribution is 9.10. The highest BCUT2D eigenvalue weighted by Crippen LogP contribution is 2.44. The van der Waals surface area contributed by atoms with Crippen LogP contribution in [-0.4, -0.2) is 23.0 Å². The van der Waals surface area contributed by atoms with Crippen LogP contribution in [-0.2, 0) is 11.3 Å². The fourth-order valence-corrected chi connectivity index (χ4v) is 4.23. The molecule has 6 heteroatoms. The number of aliphatic hydroxyl groups is 1. The van der Waals surface area contributed by atoms with Crippen molar-refractivity contribution in [3.8, 4) is 5.75 Å². The zero-order valence-electron chi connectivity index (χ0n) is 16.2. The summed E-state index contributed by atoms with van der Waals surface area (Å²) in [6.07, 6.45) is 0. The van der Waals surface area contributed by atoms with Crippen molar-refractivity contribution in [3.63, 3.8) is 0 Å². The molecule has 1 aliphatic heterocycles. The first-order chi connectivity index (χ1) is 14.5. The van der Waals surface area contributed by atoms with Gasteiger partial charge >= 0.3 is 0 Å². The van der Waals surface area contributed by atoms with E-state index in [1.54, 1.807) is 24.1 Å². The summed E-state index contributed by atoms with van der Waals surface area (Å²) in [7, 11) is 1.60. The second kappa shape index (κ2) is 8.54. The second-order valence-electron chi connectivity index (χ2n) is 7.01. The van der Waals surface area contributed by atoms with Gasteiger partial charge in [0.05, 0.1) is 13.2 Å². The number of amides is 1. The summed E-state index contributed by atoms with van der Waals surface area (Å²) in [5, 5.41) is 11.5. The molecule has 1 heterocycles. The summed E-state index contributed by atoms with van der Waals surface area (Å²) in [5.41, 5.74) is 3.18. The summed E-state index contributed by atoms with van der Waals surface area (Å²) >= 11 is 9.52. The number of benzene rings is 3. The van der Waals surface area contributed by atoms with Crippen LogP contribution < -0.4 is 4.74 Å². The molecule has 1 unspecified atom stereocenters. The average Bonchev–Trinajstić information content (AvgIpc) is 3.00. The maximum absolute atomic E-state index is 13.1. The van der Waals surface area contributed by atoms with Crippen molar-refractivity contribution in [2.24, 2.45) is 0 Å². The van der Waals surface area contributed by atoms with E-state index in [2.05, 4.69) is 15.9 Å². The second-order valence-corrected chi connectivity index (χ2v) is 8.36. The standard InChI is InChI=1S/C24H19BrClNO3/c1-30-20-11-7-16(8-12-20)21-22(17-3-2-4-18(25)13-17)27(24(29)23(21)28)14-15-5-9-19(26)10-6-15/h2-13,22,28H,14H2,1H3. The molecule has 0 saturated carbocycles. The van der Waals surface area contributed by atoms with Gasteiger partial charge in [-0.1, -0.05) is 63.9 Å². The van der Waals surface area contributed by atoms with E-state index in [0.717, 1.165) is 21.2 Å². The van der Waals surface area contributed by atoms with Crippen molar-refractivity contribution in [1.29, 1.82) is 0 Å². The van der Waals surface area contributed by atoms with Crippen molar-refractivity contribution >= 4 is 39.0 Å². The van der Waals surface area contributed by atoms with Crippen LogP contribution in [0.4, 0.5) is 0 Å². The van der Waals surface area contributed by atoms with Gasteiger partial charge in [-0.05, 0) is 53.1 Å². The highest BCUT2D eigenvalue weighted by Gasteiger charge is 2.41. The van der Waals surface area contributed by atoms with Crippen molar-refractivity contribution in [3.05, 3.63) is 105 Å². The Morgan fingerprint density at radius 1 is 1.07 bits per heavy atom. The van der Waals surface area contributed by atoms with Gasteiger partial charge in [-0.15, -0.1) is 0 Å². The zero-order valence-corrected chi connectivity index (χ0v) is 18.5. The minimum absolute atomic E-state index is 0.237. The molecule has 30 heavy (non-hydrogen) atoms. The van der Waals surface area contributed by atoms with E-state index < -0.39 is 11.9 Å². The molecule has 1 amide bonds. The molecule has 0 bridgehead atoms. The fraction of sp³-hybridized carbons (Fsp3) is 0.125. The van der Waals surface area contributed by atoms with Gasteiger partial charge in [-0.2, -0.15) is 0 Å². The summed E-state index contributed by atoms with van der Waals surface area (Å²) in [5.74, 6) is 0.0695. The molecule has 0 aliphatic carbocycles. The number of methoxy groups -OCH3 is 1. The maximum Gasteiger partial charge on any atom is 0.290 e. The van der Waals surface area contributed by atoms with Crippen molar-refractivity contribution < 1.29 is 14.6 Å². The topological polar surface area (TPSA) is 49.8 Å². The number of hydrogen-bond donors (Lipinski definition) is 1. The van der Waals surface area contributed by atoms with E-state index in [-0.39, 0.29) is 5.76 Å². The molecule has 4 nitrogen and oxygen atoms in total. The normalized spacial score (nSPS) is 16.3. The van der Waals surface area contributed by atoms with Gasteiger partial charge in [0.15, 0.2) is 5.76 Å². The average molecular weight is 485 g/mol. The Kier molecular flexibility index (Phi) is 5.84. The van der Waals surface area contributed by atoms with Crippen LogP contribution in [0.5, 0.6) is 5.75 Å². The SMILES string of the molecule is COc1ccc(C2=C(O)C(=O)N(Cc3ccc(Cl)cc3)C2c2cccc(Br)c2)cc1. The number of carbonyl (C=O) groups is 1. The lowest BCUT2D eigenvalue weighted by Gasteiger charge is -2.27. The lowest BCUT2D eigenvalue weighted by molar-refractivity contribution is -0.130.